The molecule has 1 saturated carbocycles. The molecule has 2 heterocycles. The quantitative estimate of drug-likeness (QED) is 0.788. The summed E-state index contributed by atoms with van der Waals surface area (Å²) in [6.45, 7) is 1.31. The first-order valence-corrected chi connectivity index (χ1v) is 7.54. The van der Waals surface area contributed by atoms with Crippen molar-refractivity contribution in [2.75, 3.05) is 5.32 Å². The van der Waals surface area contributed by atoms with E-state index in [0.29, 0.717) is 23.9 Å². The molecule has 0 aromatic carbocycles. The van der Waals surface area contributed by atoms with E-state index in [2.05, 4.69) is 20.3 Å². The topological polar surface area (TPSA) is 97.2 Å². The van der Waals surface area contributed by atoms with Crippen LogP contribution in [0.5, 0.6) is 11.8 Å². The molecule has 2 aromatic rings. The van der Waals surface area contributed by atoms with Crippen LogP contribution < -0.4 is 10.1 Å². The molecule has 0 unspecified atom stereocenters. The molecule has 0 radical (unpaired) electrons. The number of nitrogens with one attached hydrogen (secondary N) is 1. The minimum atomic E-state index is -0.414. The third-order valence-corrected chi connectivity index (χ3v) is 3.38. The van der Waals surface area contributed by atoms with Crippen LogP contribution in [0.4, 0.5) is 5.82 Å². The van der Waals surface area contributed by atoms with Gasteiger partial charge in [0.1, 0.15) is 12.1 Å². The van der Waals surface area contributed by atoms with Crippen molar-refractivity contribution >= 4 is 18.6 Å². The van der Waals surface area contributed by atoms with Gasteiger partial charge in [0.25, 0.3) is 6.92 Å². The van der Waals surface area contributed by atoms with E-state index in [0.717, 1.165) is 18.4 Å². The highest BCUT2D eigenvalue weighted by molar-refractivity contribution is 6.48. The number of pyridine rings is 1. The molecule has 0 atom stereocenters. The summed E-state index contributed by atoms with van der Waals surface area (Å²) in [6, 6.07) is 5.11. The lowest BCUT2D eigenvalue weighted by atomic mass is 9.66. The van der Waals surface area contributed by atoms with Crippen LogP contribution in [0.3, 0.4) is 0 Å². The zero-order valence-electron chi connectivity index (χ0n) is 12.8. The molecule has 8 heteroatoms. The first-order valence-electron chi connectivity index (χ1n) is 7.54. The molecule has 1 aliphatic rings. The Morgan fingerprint density at radius 3 is 2.83 bits per heavy atom. The van der Waals surface area contributed by atoms with Crippen molar-refractivity contribution in [3.63, 3.8) is 0 Å². The lowest BCUT2D eigenvalue weighted by Crippen LogP contribution is -2.14. The highest BCUT2D eigenvalue weighted by atomic mass is 16.5. The monoisotopic (exact) mass is 312 g/mol. The Balaban J connectivity index is 1.63. The van der Waals surface area contributed by atoms with Crippen molar-refractivity contribution in [2.45, 2.75) is 26.0 Å². The SMILES string of the molecule is CB(O)Cc1ccc(Oc2cc(NC(=O)C3CC3)ncn2)nc1. The van der Waals surface area contributed by atoms with Gasteiger partial charge in [0.2, 0.25) is 17.7 Å². The minimum absolute atomic E-state index is 0.0183. The van der Waals surface area contributed by atoms with Crippen LogP contribution in [0.15, 0.2) is 30.7 Å². The standard InChI is InChI=1S/C15H17BN4O3/c1-16(22)7-10-2-5-13(17-8-10)23-14-6-12(18-9-19-14)20-15(21)11-3-4-11/h2,5-6,8-9,11,22H,3-4,7H2,1H3,(H,18,19,20,21). The van der Waals surface area contributed by atoms with Gasteiger partial charge in [-0.15, -0.1) is 0 Å². The fourth-order valence-electron chi connectivity index (χ4n) is 2.08. The highest BCUT2D eigenvalue weighted by Crippen LogP contribution is 2.30. The van der Waals surface area contributed by atoms with Crippen molar-refractivity contribution in [3.8, 4) is 11.8 Å². The predicted molar refractivity (Wildman–Crippen MR) is 85.2 cm³/mol. The third kappa shape index (κ3) is 4.49. The van der Waals surface area contributed by atoms with Gasteiger partial charge in [-0.1, -0.05) is 12.9 Å². The highest BCUT2D eigenvalue weighted by Gasteiger charge is 2.29. The van der Waals surface area contributed by atoms with E-state index in [4.69, 9.17) is 4.74 Å². The number of anilines is 1. The number of hydrogen-bond acceptors (Lipinski definition) is 6. The number of carbonyl (C=O) groups is 1. The van der Waals surface area contributed by atoms with Crippen molar-refractivity contribution in [3.05, 3.63) is 36.3 Å². The zero-order chi connectivity index (χ0) is 16.2. The molecule has 1 fully saturated rings. The summed E-state index contributed by atoms with van der Waals surface area (Å²) >= 11 is 0. The van der Waals surface area contributed by atoms with Gasteiger partial charge < -0.3 is 15.1 Å². The van der Waals surface area contributed by atoms with E-state index >= 15 is 0 Å². The van der Waals surface area contributed by atoms with Gasteiger partial charge >= 0.3 is 0 Å². The first-order chi connectivity index (χ1) is 11.1. The molecule has 0 saturated heterocycles. The average molecular weight is 312 g/mol. The van der Waals surface area contributed by atoms with Crippen LogP contribution >= 0.6 is 0 Å². The summed E-state index contributed by atoms with van der Waals surface area (Å²) in [4.78, 5) is 23.9. The van der Waals surface area contributed by atoms with E-state index in [1.54, 1.807) is 25.2 Å². The Morgan fingerprint density at radius 1 is 1.35 bits per heavy atom. The summed E-state index contributed by atoms with van der Waals surface area (Å²) in [5.74, 6) is 1.20. The lowest BCUT2D eigenvalue weighted by molar-refractivity contribution is -0.117. The summed E-state index contributed by atoms with van der Waals surface area (Å²) in [5.41, 5.74) is 0.924. The van der Waals surface area contributed by atoms with Crippen molar-refractivity contribution in [1.29, 1.82) is 0 Å². The van der Waals surface area contributed by atoms with E-state index in [9.17, 15) is 9.82 Å². The number of nitrogens with zero attached hydrogens (tertiary/aromatic N) is 3. The molecular weight excluding hydrogens is 295 g/mol. The van der Waals surface area contributed by atoms with E-state index in [1.807, 2.05) is 6.07 Å². The summed E-state index contributed by atoms with van der Waals surface area (Å²) in [5, 5.41) is 12.1. The molecule has 0 spiro atoms. The molecule has 118 valence electrons. The molecule has 7 nitrogen and oxygen atoms in total. The minimum Gasteiger partial charge on any atom is -0.450 e. The maximum atomic E-state index is 11.7. The second-order valence-electron chi connectivity index (χ2n) is 5.66. The van der Waals surface area contributed by atoms with Crippen LogP contribution in [-0.4, -0.2) is 32.8 Å². The van der Waals surface area contributed by atoms with Gasteiger partial charge in [-0.3, -0.25) is 4.79 Å². The van der Waals surface area contributed by atoms with Crippen molar-refractivity contribution in [1.82, 2.24) is 15.0 Å². The Bertz CT molecular complexity index is 689. The smallest absolute Gasteiger partial charge is 0.290 e. The number of rotatable bonds is 6. The fraction of sp³-hybridized carbons (Fsp3) is 0.333. The molecule has 1 aliphatic carbocycles. The van der Waals surface area contributed by atoms with Crippen molar-refractivity contribution < 1.29 is 14.6 Å². The summed E-state index contributed by atoms with van der Waals surface area (Å²) in [6.07, 6.45) is 5.39. The summed E-state index contributed by atoms with van der Waals surface area (Å²) in [7, 11) is 0. The Hall–Kier alpha value is -2.48. The first kappa shape index (κ1) is 15.4. The van der Waals surface area contributed by atoms with Gasteiger partial charge in [0.15, 0.2) is 0 Å². The number of ether oxygens (including phenoxy) is 1. The zero-order valence-corrected chi connectivity index (χ0v) is 12.8. The number of hydrogen-bond donors (Lipinski definition) is 2. The van der Waals surface area contributed by atoms with E-state index in [-0.39, 0.29) is 11.8 Å². The molecule has 2 aromatic heterocycles. The van der Waals surface area contributed by atoms with Gasteiger partial charge in [0.05, 0.1) is 0 Å². The average Bonchev–Trinajstić information content (AvgIpc) is 3.34. The van der Waals surface area contributed by atoms with Crippen LogP contribution in [0, 0.1) is 5.92 Å². The molecule has 23 heavy (non-hydrogen) atoms. The fourth-order valence-corrected chi connectivity index (χ4v) is 2.08. The predicted octanol–water partition coefficient (Wildman–Crippen LogP) is 1.71. The van der Waals surface area contributed by atoms with Gasteiger partial charge in [-0.25, -0.2) is 15.0 Å². The molecule has 0 aliphatic heterocycles. The largest absolute Gasteiger partial charge is 0.450 e. The molecule has 1 amide bonds. The lowest BCUT2D eigenvalue weighted by Gasteiger charge is -2.07. The third-order valence-electron chi connectivity index (χ3n) is 3.38. The second-order valence-corrected chi connectivity index (χ2v) is 5.66. The van der Waals surface area contributed by atoms with Gasteiger partial charge in [0, 0.05) is 24.2 Å². The van der Waals surface area contributed by atoms with Crippen LogP contribution in [-0.2, 0) is 11.1 Å². The Kier molecular flexibility index (Phi) is 4.52. The summed E-state index contributed by atoms with van der Waals surface area (Å²) < 4.78 is 5.56. The maximum absolute atomic E-state index is 11.7. The second kappa shape index (κ2) is 6.74. The number of aromatic nitrogens is 3. The number of amides is 1. The van der Waals surface area contributed by atoms with Gasteiger partial charge in [-0.2, -0.15) is 0 Å². The Morgan fingerprint density at radius 2 is 2.17 bits per heavy atom. The van der Waals surface area contributed by atoms with Gasteiger partial charge in [-0.05, 0) is 24.7 Å². The molecule has 2 N–H and O–H groups in total. The number of carbonyl (C=O) groups excluding carboxylic acids is 1. The molecule has 0 bridgehead atoms. The van der Waals surface area contributed by atoms with Crippen LogP contribution in [0.2, 0.25) is 6.82 Å². The van der Waals surface area contributed by atoms with Crippen LogP contribution in [0.25, 0.3) is 0 Å². The van der Waals surface area contributed by atoms with E-state index in [1.165, 1.54) is 6.33 Å². The van der Waals surface area contributed by atoms with Crippen LogP contribution in [0.1, 0.15) is 18.4 Å². The Labute approximate surface area is 134 Å². The normalized spacial score (nSPS) is 13.5. The van der Waals surface area contributed by atoms with E-state index < -0.39 is 6.92 Å². The maximum Gasteiger partial charge on any atom is 0.290 e. The molecular formula is C15H17BN4O3. The van der Waals surface area contributed by atoms with Crippen molar-refractivity contribution in [2.24, 2.45) is 5.92 Å². The molecule has 3 rings (SSSR count).